The van der Waals surface area contributed by atoms with Crippen molar-refractivity contribution in [1.29, 1.82) is 5.26 Å². The van der Waals surface area contributed by atoms with Gasteiger partial charge in [-0.2, -0.15) is 5.26 Å². The highest BCUT2D eigenvalue weighted by Crippen LogP contribution is 2.34. The highest BCUT2D eigenvalue weighted by molar-refractivity contribution is 5.98. The third-order valence-electron chi connectivity index (χ3n) is 5.27. The van der Waals surface area contributed by atoms with E-state index in [1.807, 2.05) is 6.07 Å². The molecule has 0 fully saturated rings. The van der Waals surface area contributed by atoms with Crippen LogP contribution in [0.5, 0.6) is 5.75 Å². The predicted molar refractivity (Wildman–Crippen MR) is 110 cm³/mol. The first-order chi connectivity index (χ1) is 14.6. The Labute approximate surface area is 171 Å². The van der Waals surface area contributed by atoms with Gasteiger partial charge in [-0.3, -0.25) is 9.88 Å². The lowest BCUT2D eigenvalue weighted by molar-refractivity contribution is 0.232. The second-order valence-corrected chi connectivity index (χ2v) is 7.17. The lowest BCUT2D eigenvalue weighted by Crippen LogP contribution is -2.49. The fourth-order valence-corrected chi connectivity index (χ4v) is 3.75. The molecule has 0 spiro atoms. The van der Waals surface area contributed by atoms with Gasteiger partial charge in [-0.05, 0) is 24.3 Å². The molecule has 30 heavy (non-hydrogen) atoms. The summed E-state index contributed by atoms with van der Waals surface area (Å²) in [5.74, 6) is 0.308. The van der Waals surface area contributed by atoms with E-state index in [1.54, 1.807) is 41.4 Å². The highest BCUT2D eigenvalue weighted by Gasteiger charge is 2.29. The molecule has 150 valence electrons. The van der Waals surface area contributed by atoms with Crippen molar-refractivity contribution in [2.24, 2.45) is 15.7 Å². The van der Waals surface area contributed by atoms with E-state index in [0.717, 1.165) is 16.6 Å². The standard InChI is InChI=1S/C21H18FN7O/c22-14-3-1-2-13-16(6-7-30-19(13)14)27-20-15(24)10-25-21(28-20)29-11-26-17-5-4-12(9-23)8-18(17)29/h1-5,8,10-11,15-16,20,27H,6-7,24H2. The van der Waals surface area contributed by atoms with Crippen molar-refractivity contribution in [3.63, 3.8) is 0 Å². The Kier molecular flexibility index (Phi) is 4.50. The Morgan fingerprint density at radius 1 is 1.30 bits per heavy atom. The van der Waals surface area contributed by atoms with Gasteiger partial charge in [0.15, 0.2) is 11.6 Å². The number of ether oxygens (including phenoxy) is 1. The number of benzene rings is 2. The maximum Gasteiger partial charge on any atom is 0.232 e. The number of hydrogen-bond donors (Lipinski definition) is 2. The average molecular weight is 403 g/mol. The number of nitrogens with two attached hydrogens (primary N) is 1. The van der Waals surface area contributed by atoms with E-state index in [1.165, 1.54) is 6.07 Å². The fourth-order valence-electron chi connectivity index (χ4n) is 3.75. The fraction of sp³-hybridized carbons (Fsp3) is 0.238. The van der Waals surface area contributed by atoms with E-state index in [4.69, 9.17) is 10.5 Å². The molecule has 1 aromatic heterocycles. The largest absolute Gasteiger partial charge is 0.490 e. The molecule has 0 radical (unpaired) electrons. The number of hydrogen-bond acceptors (Lipinski definition) is 7. The van der Waals surface area contributed by atoms with Crippen LogP contribution in [0.4, 0.5) is 4.39 Å². The minimum absolute atomic E-state index is 0.151. The first-order valence-electron chi connectivity index (χ1n) is 9.56. The molecule has 9 heteroatoms. The van der Waals surface area contributed by atoms with Crippen molar-refractivity contribution in [1.82, 2.24) is 14.9 Å². The minimum atomic E-state index is -0.465. The summed E-state index contributed by atoms with van der Waals surface area (Å²) in [7, 11) is 0. The molecule has 2 aliphatic heterocycles. The summed E-state index contributed by atoms with van der Waals surface area (Å²) in [5.41, 5.74) is 8.97. The molecule has 3 atom stereocenters. The SMILES string of the molecule is N#Cc1ccc2ncn(C3=NC(NC4CCOc5c(F)cccc54)C(N)C=N3)c2c1. The maximum atomic E-state index is 14.1. The molecule has 0 saturated heterocycles. The second-order valence-electron chi connectivity index (χ2n) is 7.17. The monoisotopic (exact) mass is 403 g/mol. The molecular formula is C21H18FN7O. The third kappa shape index (κ3) is 3.12. The van der Waals surface area contributed by atoms with Crippen LogP contribution in [0.2, 0.25) is 0 Å². The Morgan fingerprint density at radius 2 is 2.20 bits per heavy atom. The molecule has 3 N–H and O–H groups in total. The van der Waals surface area contributed by atoms with Crippen LogP contribution >= 0.6 is 0 Å². The van der Waals surface area contributed by atoms with E-state index >= 15 is 0 Å². The van der Waals surface area contributed by atoms with Crippen molar-refractivity contribution in [3.05, 3.63) is 59.7 Å². The van der Waals surface area contributed by atoms with Gasteiger partial charge in [0, 0.05) is 24.2 Å². The number of aromatic nitrogens is 2. The van der Waals surface area contributed by atoms with Crippen LogP contribution in [0.25, 0.3) is 11.0 Å². The van der Waals surface area contributed by atoms with E-state index in [9.17, 15) is 9.65 Å². The van der Waals surface area contributed by atoms with Gasteiger partial charge in [0.05, 0.1) is 35.3 Å². The molecule has 0 amide bonds. The van der Waals surface area contributed by atoms with Crippen LogP contribution in [0.15, 0.2) is 52.7 Å². The molecule has 3 aromatic rings. The summed E-state index contributed by atoms with van der Waals surface area (Å²) < 4.78 is 21.3. The van der Waals surface area contributed by atoms with E-state index in [2.05, 4.69) is 26.4 Å². The summed E-state index contributed by atoms with van der Waals surface area (Å²) in [5, 5.41) is 12.6. The lowest BCUT2D eigenvalue weighted by Gasteiger charge is -2.31. The van der Waals surface area contributed by atoms with Crippen molar-refractivity contribution in [3.8, 4) is 11.8 Å². The summed E-state index contributed by atoms with van der Waals surface area (Å²) in [6.45, 7) is 0.404. The van der Waals surface area contributed by atoms with Crippen molar-refractivity contribution in [2.45, 2.75) is 24.7 Å². The number of imidazole rings is 1. The van der Waals surface area contributed by atoms with Crippen LogP contribution in [0, 0.1) is 17.1 Å². The van der Waals surface area contributed by atoms with Crippen molar-refractivity contribution in [2.75, 3.05) is 6.61 Å². The number of fused-ring (bicyclic) bond motifs is 2. The van der Waals surface area contributed by atoms with Gasteiger partial charge in [-0.15, -0.1) is 0 Å². The van der Waals surface area contributed by atoms with E-state index < -0.39 is 12.2 Å². The van der Waals surface area contributed by atoms with E-state index in [-0.39, 0.29) is 17.6 Å². The van der Waals surface area contributed by atoms with Crippen LogP contribution in [0.1, 0.15) is 23.6 Å². The third-order valence-corrected chi connectivity index (χ3v) is 5.27. The zero-order chi connectivity index (χ0) is 20.7. The summed E-state index contributed by atoms with van der Waals surface area (Å²) in [6.07, 6.45) is 3.45. The summed E-state index contributed by atoms with van der Waals surface area (Å²) in [4.78, 5) is 13.4. The molecule has 3 heterocycles. The number of nitriles is 1. The minimum Gasteiger partial charge on any atom is -0.490 e. The van der Waals surface area contributed by atoms with Gasteiger partial charge < -0.3 is 10.5 Å². The maximum absolute atomic E-state index is 14.1. The smallest absolute Gasteiger partial charge is 0.232 e. The average Bonchev–Trinajstić information content (AvgIpc) is 3.19. The Bertz CT molecular complexity index is 1230. The van der Waals surface area contributed by atoms with Gasteiger partial charge in [0.2, 0.25) is 5.96 Å². The van der Waals surface area contributed by atoms with Crippen LogP contribution in [0.3, 0.4) is 0 Å². The Balaban J connectivity index is 1.47. The molecule has 0 bridgehead atoms. The Morgan fingerprint density at radius 3 is 3.07 bits per heavy atom. The Hall–Kier alpha value is -3.61. The number of nitrogens with zero attached hydrogens (tertiary/aromatic N) is 5. The second kappa shape index (κ2) is 7.33. The van der Waals surface area contributed by atoms with Gasteiger partial charge in [-0.1, -0.05) is 12.1 Å². The number of halogens is 1. The molecule has 3 unspecified atom stereocenters. The molecular weight excluding hydrogens is 385 g/mol. The zero-order valence-corrected chi connectivity index (χ0v) is 15.9. The van der Waals surface area contributed by atoms with Gasteiger partial charge in [0.1, 0.15) is 12.5 Å². The number of para-hydroxylation sites is 1. The molecule has 2 aliphatic rings. The molecule has 5 rings (SSSR count). The normalized spacial score (nSPS) is 22.8. The van der Waals surface area contributed by atoms with Gasteiger partial charge in [-0.25, -0.2) is 19.4 Å². The first-order valence-corrected chi connectivity index (χ1v) is 9.56. The van der Waals surface area contributed by atoms with E-state index in [0.29, 0.717) is 24.6 Å². The highest BCUT2D eigenvalue weighted by atomic mass is 19.1. The number of nitrogens with one attached hydrogen (secondary N) is 1. The topological polar surface area (TPSA) is 114 Å². The summed E-state index contributed by atoms with van der Waals surface area (Å²) >= 11 is 0. The van der Waals surface area contributed by atoms with Crippen LogP contribution in [-0.4, -0.2) is 40.5 Å². The van der Waals surface area contributed by atoms with Gasteiger partial charge in [0.25, 0.3) is 0 Å². The lowest BCUT2D eigenvalue weighted by atomic mass is 9.99. The van der Waals surface area contributed by atoms with Gasteiger partial charge >= 0.3 is 0 Å². The molecule has 2 aromatic carbocycles. The zero-order valence-electron chi connectivity index (χ0n) is 15.9. The first kappa shape index (κ1) is 18.4. The van der Waals surface area contributed by atoms with Crippen LogP contribution in [-0.2, 0) is 0 Å². The van der Waals surface area contributed by atoms with Crippen molar-refractivity contribution >= 4 is 23.2 Å². The molecule has 8 nitrogen and oxygen atoms in total. The predicted octanol–water partition coefficient (Wildman–Crippen LogP) is 2.10. The molecule has 0 aliphatic carbocycles. The summed E-state index contributed by atoms with van der Waals surface area (Å²) in [6, 6.07) is 11.7. The quantitative estimate of drug-likeness (QED) is 0.680. The van der Waals surface area contributed by atoms with Crippen molar-refractivity contribution < 1.29 is 9.13 Å². The number of aliphatic imine (C=N–C) groups is 2. The molecule has 0 saturated carbocycles. The number of rotatable bonds is 2. The van der Waals surface area contributed by atoms with Crippen LogP contribution < -0.4 is 15.8 Å².